The highest BCUT2D eigenvalue weighted by Crippen LogP contribution is 2.22. The van der Waals surface area contributed by atoms with Crippen molar-refractivity contribution in [3.8, 4) is 11.3 Å². The fourth-order valence-electron chi connectivity index (χ4n) is 2.04. The van der Waals surface area contributed by atoms with Crippen LogP contribution < -0.4 is 4.57 Å². The van der Waals surface area contributed by atoms with Crippen molar-refractivity contribution in [2.75, 3.05) is 0 Å². The molecular formula is C16H20N+. The van der Waals surface area contributed by atoms with Crippen molar-refractivity contribution in [2.24, 2.45) is 7.05 Å². The van der Waals surface area contributed by atoms with Crippen molar-refractivity contribution in [3.05, 3.63) is 52.7 Å². The fraction of sp³-hybridized carbons (Fsp3) is 0.312. The second-order valence-corrected chi connectivity index (χ2v) is 4.60. The zero-order valence-electron chi connectivity index (χ0n) is 13.8. The first-order valence-electron chi connectivity index (χ1n) is 7.29. The number of pyridine rings is 1. The van der Waals surface area contributed by atoms with E-state index in [4.69, 9.17) is 4.11 Å². The molecule has 0 aliphatic carbocycles. The summed E-state index contributed by atoms with van der Waals surface area (Å²) in [6.45, 7) is 3.92. The van der Waals surface area contributed by atoms with Crippen molar-refractivity contribution in [1.29, 1.82) is 0 Å². The molecule has 0 unspecified atom stereocenters. The van der Waals surface area contributed by atoms with E-state index in [2.05, 4.69) is 32.0 Å². The van der Waals surface area contributed by atoms with E-state index >= 15 is 0 Å². The average Bonchev–Trinajstić information content (AvgIpc) is 2.34. The van der Waals surface area contributed by atoms with Crippen LogP contribution >= 0.6 is 0 Å². The Morgan fingerprint density at radius 2 is 1.71 bits per heavy atom. The Labute approximate surface area is 108 Å². The smallest absolute Gasteiger partial charge is 0.198 e. The van der Waals surface area contributed by atoms with Crippen LogP contribution in [0.15, 0.2) is 30.3 Å². The third kappa shape index (κ3) is 2.10. The molecule has 1 heterocycles. The standard InChI is InChI=1S/C16H20N/c1-11-6-7-13(3)15(10-11)16-9-8-12(2)14(4)17(16)5/h6-10H,1-5H3/q+1/i2D3. The molecule has 1 nitrogen and oxygen atoms in total. The summed E-state index contributed by atoms with van der Waals surface area (Å²) in [4.78, 5) is 0. The van der Waals surface area contributed by atoms with Crippen LogP contribution in [0.3, 0.4) is 0 Å². The predicted octanol–water partition coefficient (Wildman–Crippen LogP) is 3.41. The highest BCUT2D eigenvalue weighted by Gasteiger charge is 2.15. The molecule has 0 bridgehead atoms. The monoisotopic (exact) mass is 229 g/mol. The summed E-state index contributed by atoms with van der Waals surface area (Å²) >= 11 is 0. The third-order valence-corrected chi connectivity index (χ3v) is 3.33. The number of hydrogen-bond acceptors (Lipinski definition) is 0. The van der Waals surface area contributed by atoms with Crippen LogP contribution in [0.5, 0.6) is 0 Å². The van der Waals surface area contributed by atoms with E-state index in [0.717, 1.165) is 17.0 Å². The number of nitrogens with zero attached hydrogens (tertiary/aromatic N) is 1. The first-order valence-corrected chi connectivity index (χ1v) is 5.79. The van der Waals surface area contributed by atoms with E-state index < -0.39 is 6.85 Å². The van der Waals surface area contributed by atoms with E-state index in [-0.39, 0.29) is 0 Å². The summed E-state index contributed by atoms with van der Waals surface area (Å²) in [5.74, 6) is 0. The maximum Gasteiger partial charge on any atom is 0.212 e. The number of benzene rings is 1. The minimum Gasteiger partial charge on any atom is -0.198 e. The van der Waals surface area contributed by atoms with Crippen molar-refractivity contribution in [1.82, 2.24) is 0 Å². The van der Waals surface area contributed by atoms with E-state index in [1.165, 1.54) is 11.1 Å². The molecule has 0 saturated heterocycles. The third-order valence-electron chi connectivity index (χ3n) is 3.33. The van der Waals surface area contributed by atoms with Gasteiger partial charge in [-0.25, -0.2) is 0 Å². The molecule has 0 saturated carbocycles. The van der Waals surface area contributed by atoms with Gasteiger partial charge < -0.3 is 0 Å². The van der Waals surface area contributed by atoms with Gasteiger partial charge in [-0.2, -0.15) is 4.57 Å². The second-order valence-electron chi connectivity index (χ2n) is 4.60. The van der Waals surface area contributed by atoms with Crippen LogP contribution in [0.2, 0.25) is 0 Å². The van der Waals surface area contributed by atoms with Gasteiger partial charge in [0, 0.05) is 28.2 Å². The maximum atomic E-state index is 7.58. The molecule has 1 aromatic heterocycles. The van der Waals surface area contributed by atoms with Crippen molar-refractivity contribution >= 4 is 0 Å². The summed E-state index contributed by atoms with van der Waals surface area (Å²) in [6.07, 6.45) is 0. The van der Waals surface area contributed by atoms with Gasteiger partial charge in [-0.05, 0) is 38.4 Å². The number of aryl methyl sites for hydroxylation is 3. The van der Waals surface area contributed by atoms with E-state index in [9.17, 15) is 0 Å². The lowest BCUT2D eigenvalue weighted by molar-refractivity contribution is -0.667. The Morgan fingerprint density at radius 3 is 2.41 bits per heavy atom. The second kappa shape index (κ2) is 4.33. The topological polar surface area (TPSA) is 3.88 Å². The Balaban J connectivity index is 2.66. The highest BCUT2D eigenvalue weighted by atomic mass is 14.9. The van der Waals surface area contributed by atoms with Gasteiger partial charge in [-0.15, -0.1) is 0 Å². The summed E-state index contributed by atoms with van der Waals surface area (Å²) in [7, 11) is 1.92. The molecule has 0 atom stereocenters. The lowest BCUT2D eigenvalue weighted by Gasteiger charge is -2.08. The molecular weight excluding hydrogens is 206 g/mol. The average molecular weight is 229 g/mol. The zero-order valence-corrected chi connectivity index (χ0v) is 10.8. The molecule has 0 N–H and O–H groups in total. The van der Waals surface area contributed by atoms with E-state index in [1.807, 2.05) is 24.6 Å². The Hall–Kier alpha value is -1.63. The Bertz CT molecular complexity index is 658. The lowest BCUT2D eigenvalue weighted by Crippen LogP contribution is -2.35. The molecule has 88 valence electrons. The van der Waals surface area contributed by atoms with Gasteiger partial charge in [0.1, 0.15) is 7.05 Å². The summed E-state index contributed by atoms with van der Waals surface area (Å²) in [6, 6.07) is 9.94. The lowest BCUT2D eigenvalue weighted by atomic mass is 10.0. The minimum absolute atomic E-state index is 0.411. The maximum absolute atomic E-state index is 7.58. The zero-order chi connectivity index (χ0) is 15.1. The van der Waals surface area contributed by atoms with Crippen molar-refractivity contribution < 1.29 is 8.68 Å². The van der Waals surface area contributed by atoms with Crippen LogP contribution in [0.25, 0.3) is 11.3 Å². The van der Waals surface area contributed by atoms with Crippen LogP contribution in [-0.4, -0.2) is 0 Å². The first-order chi connectivity index (χ1) is 9.21. The molecule has 2 rings (SSSR count). The largest absolute Gasteiger partial charge is 0.212 e. The molecule has 0 aliphatic rings. The fourth-order valence-corrected chi connectivity index (χ4v) is 2.04. The molecule has 17 heavy (non-hydrogen) atoms. The molecule has 0 fully saturated rings. The normalized spacial score (nSPS) is 14.0. The first kappa shape index (κ1) is 8.46. The highest BCUT2D eigenvalue weighted by molar-refractivity contribution is 5.62. The van der Waals surface area contributed by atoms with Crippen LogP contribution in [0, 0.1) is 27.6 Å². The molecule has 0 aliphatic heterocycles. The summed E-state index contributed by atoms with van der Waals surface area (Å²) < 4.78 is 24.7. The van der Waals surface area contributed by atoms with Crippen LogP contribution in [-0.2, 0) is 7.05 Å². The van der Waals surface area contributed by atoms with E-state index in [1.54, 1.807) is 6.07 Å². The van der Waals surface area contributed by atoms with Gasteiger partial charge in [0.2, 0.25) is 5.69 Å². The van der Waals surface area contributed by atoms with Gasteiger partial charge in [0.25, 0.3) is 0 Å². The molecule has 0 radical (unpaired) electrons. The Morgan fingerprint density at radius 1 is 1.00 bits per heavy atom. The number of rotatable bonds is 1. The Kier molecular flexibility index (Phi) is 2.15. The minimum atomic E-state index is -2.07. The SMILES string of the molecule is [2H]C([2H])([2H])c1ccc(-c2cc(C)ccc2C)[n+](C)c1C. The molecule has 0 amide bonds. The van der Waals surface area contributed by atoms with Gasteiger partial charge in [-0.3, -0.25) is 0 Å². The number of aromatic nitrogens is 1. The molecule has 1 aromatic carbocycles. The molecule has 2 aromatic rings. The van der Waals surface area contributed by atoms with Gasteiger partial charge in [0.15, 0.2) is 5.69 Å². The molecule has 0 spiro atoms. The summed E-state index contributed by atoms with van der Waals surface area (Å²) in [5.41, 5.74) is 5.76. The van der Waals surface area contributed by atoms with Crippen molar-refractivity contribution in [2.45, 2.75) is 27.6 Å². The molecule has 1 heteroatoms. The van der Waals surface area contributed by atoms with Crippen molar-refractivity contribution in [3.63, 3.8) is 0 Å². The van der Waals surface area contributed by atoms with Gasteiger partial charge in [-0.1, -0.05) is 17.7 Å². The van der Waals surface area contributed by atoms with Gasteiger partial charge in [0.05, 0.1) is 0 Å². The predicted molar refractivity (Wildman–Crippen MR) is 72.0 cm³/mol. The van der Waals surface area contributed by atoms with Gasteiger partial charge >= 0.3 is 0 Å². The van der Waals surface area contributed by atoms with E-state index in [0.29, 0.717) is 5.56 Å². The van der Waals surface area contributed by atoms with Crippen LogP contribution in [0.4, 0.5) is 0 Å². The van der Waals surface area contributed by atoms with Crippen LogP contribution in [0.1, 0.15) is 26.5 Å². The quantitative estimate of drug-likeness (QED) is 0.660. The number of hydrogen-bond donors (Lipinski definition) is 0. The summed E-state index contributed by atoms with van der Waals surface area (Å²) in [5, 5.41) is 0.